The molecular formula is C10H14ClN3O. The normalized spacial score (nSPS) is 25.5. The lowest BCUT2D eigenvalue weighted by Gasteiger charge is -2.19. The number of hydrogen-bond donors (Lipinski definition) is 1. The first-order chi connectivity index (χ1) is 7.31. The van der Waals surface area contributed by atoms with E-state index in [0.717, 1.165) is 19.3 Å². The molecule has 0 aliphatic heterocycles. The predicted molar refractivity (Wildman–Crippen MR) is 57.9 cm³/mol. The van der Waals surface area contributed by atoms with Crippen LogP contribution >= 0.6 is 11.6 Å². The van der Waals surface area contributed by atoms with Crippen molar-refractivity contribution in [2.24, 2.45) is 11.7 Å². The van der Waals surface area contributed by atoms with Crippen LogP contribution in [-0.2, 0) is 0 Å². The van der Waals surface area contributed by atoms with Crippen molar-refractivity contribution in [3.8, 4) is 5.88 Å². The summed E-state index contributed by atoms with van der Waals surface area (Å²) in [6, 6.07) is 0. The SMILES string of the molecule is NCC1CCCC1Oc1ncncc1Cl. The predicted octanol–water partition coefficient (Wildman–Crippen LogP) is 1.64. The molecule has 0 bridgehead atoms. The smallest absolute Gasteiger partial charge is 0.235 e. The van der Waals surface area contributed by atoms with Crippen LogP contribution in [0.5, 0.6) is 5.88 Å². The van der Waals surface area contributed by atoms with E-state index in [1.807, 2.05) is 0 Å². The van der Waals surface area contributed by atoms with Crippen LogP contribution in [0.15, 0.2) is 12.5 Å². The van der Waals surface area contributed by atoms with Gasteiger partial charge in [-0.3, -0.25) is 0 Å². The number of rotatable bonds is 3. The van der Waals surface area contributed by atoms with Crippen LogP contribution in [0.4, 0.5) is 0 Å². The van der Waals surface area contributed by atoms with E-state index in [1.165, 1.54) is 12.5 Å². The first-order valence-corrected chi connectivity index (χ1v) is 5.51. The Bertz CT molecular complexity index is 334. The maximum absolute atomic E-state index is 5.91. The van der Waals surface area contributed by atoms with E-state index in [4.69, 9.17) is 22.1 Å². The Kier molecular flexibility index (Phi) is 3.38. The van der Waals surface area contributed by atoms with Crippen molar-refractivity contribution in [1.82, 2.24) is 9.97 Å². The van der Waals surface area contributed by atoms with Crippen LogP contribution in [0.3, 0.4) is 0 Å². The van der Waals surface area contributed by atoms with Crippen LogP contribution in [0.2, 0.25) is 5.02 Å². The molecule has 2 unspecified atom stereocenters. The molecule has 0 spiro atoms. The standard InChI is InChI=1S/C10H14ClN3O/c11-8-5-13-6-14-10(8)15-9-3-1-2-7(9)4-12/h5-7,9H,1-4,12H2. The van der Waals surface area contributed by atoms with E-state index in [-0.39, 0.29) is 6.10 Å². The van der Waals surface area contributed by atoms with E-state index < -0.39 is 0 Å². The maximum atomic E-state index is 5.91. The zero-order chi connectivity index (χ0) is 10.7. The third kappa shape index (κ3) is 2.38. The lowest BCUT2D eigenvalue weighted by atomic mass is 10.1. The molecule has 1 aromatic rings. The molecule has 5 heteroatoms. The van der Waals surface area contributed by atoms with Crippen LogP contribution in [0.25, 0.3) is 0 Å². The summed E-state index contributed by atoms with van der Waals surface area (Å²) in [5.74, 6) is 0.896. The number of aromatic nitrogens is 2. The van der Waals surface area contributed by atoms with Gasteiger partial charge in [-0.15, -0.1) is 0 Å². The lowest BCUT2D eigenvalue weighted by molar-refractivity contribution is 0.155. The molecule has 1 fully saturated rings. The summed E-state index contributed by atoms with van der Waals surface area (Å²) < 4.78 is 5.75. The van der Waals surface area contributed by atoms with E-state index >= 15 is 0 Å². The van der Waals surface area contributed by atoms with Gasteiger partial charge in [0.15, 0.2) is 0 Å². The molecule has 2 rings (SSSR count). The van der Waals surface area contributed by atoms with Crippen LogP contribution in [0.1, 0.15) is 19.3 Å². The molecule has 2 atom stereocenters. The van der Waals surface area contributed by atoms with Gasteiger partial charge in [0.05, 0.1) is 6.20 Å². The summed E-state index contributed by atoms with van der Waals surface area (Å²) in [7, 11) is 0. The Hall–Kier alpha value is -0.870. The fraction of sp³-hybridized carbons (Fsp3) is 0.600. The molecule has 1 saturated carbocycles. The average molecular weight is 228 g/mol. The summed E-state index contributed by atoms with van der Waals surface area (Å²) in [6.45, 7) is 0.660. The van der Waals surface area contributed by atoms with Crippen molar-refractivity contribution in [1.29, 1.82) is 0 Å². The first kappa shape index (κ1) is 10.6. The molecule has 2 N–H and O–H groups in total. The van der Waals surface area contributed by atoms with Gasteiger partial charge in [-0.05, 0) is 25.8 Å². The topological polar surface area (TPSA) is 61.0 Å². The molecule has 1 aliphatic rings. The van der Waals surface area contributed by atoms with Crippen molar-refractivity contribution in [2.75, 3.05) is 6.54 Å². The third-order valence-electron chi connectivity index (χ3n) is 2.79. The molecular weight excluding hydrogens is 214 g/mol. The minimum atomic E-state index is 0.155. The second-order valence-electron chi connectivity index (χ2n) is 3.76. The summed E-state index contributed by atoms with van der Waals surface area (Å²) in [5.41, 5.74) is 5.67. The van der Waals surface area contributed by atoms with E-state index in [9.17, 15) is 0 Å². The quantitative estimate of drug-likeness (QED) is 0.853. The highest BCUT2D eigenvalue weighted by molar-refractivity contribution is 6.31. The van der Waals surface area contributed by atoms with Crippen molar-refractivity contribution in [2.45, 2.75) is 25.4 Å². The highest BCUT2D eigenvalue weighted by Gasteiger charge is 2.28. The highest BCUT2D eigenvalue weighted by atomic mass is 35.5. The minimum Gasteiger partial charge on any atom is -0.473 e. The number of nitrogens with two attached hydrogens (primary N) is 1. The van der Waals surface area contributed by atoms with Crippen molar-refractivity contribution >= 4 is 11.6 Å². The minimum absolute atomic E-state index is 0.155. The molecule has 15 heavy (non-hydrogen) atoms. The highest BCUT2D eigenvalue weighted by Crippen LogP contribution is 2.30. The van der Waals surface area contributed by atoms with Gasteiger partial charge in [-0.25, -0.2) is 9.97 Å². The Morgan fingerprint density at radius 3 is 3.13 bits per heavy atom. The number of nitrogens with zero attached hydrogens (tertiary/aromatic N) is 2. The second kappa shape index (κ2) is 4.77. The van der Waals surface area contributed by atoms with Gasteiger partial charge >= 0.3 is 0 Å². The summed E-state index contributed by atoms with van der Waals surface area (Å²) in [4.78, 5) is 7.82. The van der Waals surface area contributed by atoms with Crippen molar-refractivity contribution in [3.05, 3.63) is 17.5 Å². The lowest BCUT2D eigenvalue weighted by Crippen LogP contribution is -2.28. The fourth-order valence-corrected chi connectivity index (χ4v) is 2.11. The van der Waals surface area contributed by atoms with Gasteiger partial charge in [0.2, 0.25) is 5.88 Å². The number of hydrogen-bond acceptors (Lipinski definition) is 4. The Morgan fingerprint density at radius 1 is 1.53 bits per heavy atom. The number of ether oxygens (including phenoxy) is 1. The Morgan fingerprint density at radius 2 is 2.40 bits per heavy atom. The monoisotopic (exact) mass is 227 g/mol. The summed E-state index contributed by atoms with van der Waals surface area (Å²) in [6.07, 6.45) is 6.45. The van der Waals surface area contributed by atoms with E-state index in [0.29, 0.717) is 23.4 Å². The van der Waals surface area contributed by atoms with Gasteiger partial charge in [-0.2, -0.15) is 0 Å². The molecule has 1 heterocycles. The van der Waals surface area contributed by atoms with Crippen LogP contribution < -0.4 is 10.5 Å². The van der Waals surface area contributed by atoms with Gasteiger partial charge < -0.3 is 10.5 Å². The van der Waals surface area contributed by atoms with Gasteiger partial charge in [0.25, 0.3) is 0 Å². The Balaban J connectivity index is 2.05. The zero-order valence-electron chi connectivity index (χ0n) is 8.40. The second-order valence-corrected chi connectivity index (χ2v) is 4.17. The van der Waals surface area contributed by atoms with Crippen LogP contribution in [-0.4, -0.2) is 22.6 Å². The van der Waals surface area contributed by atoms with Crippen molar-refractivity contribution in [3.63, 3.8) is 0 Å². The third-order valence-corrected chi connectivity index (χ3v) is 3.05. The average Bonchev–Trinajstić information content (AvgIpc) is 2.69. The molecule has 0 radical (unpaired) electrons. The molecule has 0 saturated heterocycles. The maximum Gasteiger partial charge on any atom is 0.235 e. The van der Waals surface area contributed by atoms with Crippen LogP contribution in [0, 0.1) is 5.92 Å². The Labute approximate surface area is 93.8 Å². The van der Waals surface area contributed by atoms with Gasteiger partial charge in [0, 0.05) is 5.92 Å². The first-order valence-electron chi connectivity index (χ1n) is 5.13. The molecule has 1 aromatic heterocycles. The number of halogens is 1. The summed E-state index contributed by atoms with van der Waals surface area (Å²) >= 11 is 5.91. The van der Waals surface area contributed by atoms with E-state index in [1.54, 1.807) is 0 Å². The van der Waals surface area contributed by atoms with Gasteiger partial charge in [-0.1, -0.05) is 11.6 Å². The largest absolute Gasteiger partial charge is 0.473 e. The zero-order valence-corrected chi connectivity index (χ0v) is 9.15. The summed E-state index contributed by atoms with van der Waals surface area (Å²) in [5, 5.41) is 0.458. The van der Waals surface area contributed by atoms with Gasteiger partial charge in [0.1, 0.15) is 17.5 Å². The van der Waals surface area contributed by atoms with E-state index in [2.05, 4.69) is 9.97 Å². The fourth-order valence-electron chi connectivity index (χ4n) is 1.96. The molecule has 0 amide bonds. The molecule has 82 valence electrons. The van der Waals surface area contributed by atoms with Crippen molar-refractivity contribution < 1.29 is 4.74 Å². The molecule has 4 nitrogen and oxygen atoms in total. The molecule has 0 aromatic carbocycles. The molecule has 1 aliphatic carbocycles.